The van der Waals surface area contributed by atoms with Gasteiger partial charge in [-0.1, -0.05) is 39.7 Å². The van der Waals surface area contributed by atoms with Crippen molar-refractivity contribution in [1.82, 2.24) is 0 Å². The van der Waals surface area contributed by atoms with E-state index in [1.54, 1.807) is 23.1 Å². The lowest BCUT2D eigenvalue weighted by molar-refractivity contribution is -0.151. The van der Waals surface area contributed by atoms with Gasteiger partial charge >= 0.3 is 5.97 Å². The number of nitrogens with zero attached hydrogens (tertiary/aromatic N) is 1. The summed E-state index contributed by atoms with van der Waals surface area (Å²) in [6.07, 6.45) is 0.0619. The molecule has 6 nitrogen and oxygen atoms in total. The summed E-state index contributed by atoms with van der Waals surface area (Å²) in [5, 5.41) is 2.96. The van der Waals surface area contributed by atoms with Gasteiger partial charge in [-0.3, -0.25) is 14.4 Å². The lowest BCUT2D eigenvalue weighted by atomic mass is 10.1. The maximum Gasteiger partial charge on any atom is 0.311 e. The number of esters is 1. The zero-order valence-corrected chi connectivity index (χ0v) is 18.3. The van der Waals surface area contributed by atoms with Gasteiger partial charge in [0.25, 0.3) is 5.91 Å². The normalized spacial score (nSPS) is 16.1. The van der Waals surface area contributed by atoms with Crippen molar-refractivity contribution in [2.24, 2.45) is 5.92 Å². The number of hydrogen-bond acceptors (Lipinski definition) is 4. The first-order chi connectivity index (χ1) is 13.7. The maximum absolute atomic E-state index is 12.4. The molecule has 0 spiro atoms. The van der Waals surface area contributed by atoms with E-state index in [9.17, 15) is 14.4 Å². The molecule has 1 saturated heterocycles. The molecule has 1 N–H and O–H groups in total. The highest BCUT2D eigenvalue weighted by atomic mass is 79.9. The second-order valence-corrected chi connectivity index (χ2v) is 8.30. The number of nitrogens with one attached hydrogen (secondary N) is 1. The Morgan fingerprint density at radius 3 is 2.72 bits per heavy atom. The molecule has 1 aliphatic heterocycles. The summed E-state index contributed by atoms with van der Waals surface area (Å²) in [5.41, 5.74) is 3.22. The van der Waals surface area contributed by atoms with Gasteiger partial charge in [-0.2, -0.15) is 0 Å². The Balaban J connectivity index is 1.56. The number of anilines is 2. The van der Waals surface area contributed by atoms with Crippen LogP contribution in [0.5, 0.6) is 0 Å². The molecule has 0 aliphatic carbocycles. The summed E-state index contributed by atoms with van der Waals surface area (Å²) in [5.74, 6) is -1.81. The SMILES string of the molecule is Cc1ccc(C)c(N2C[C@H](C(=O)OCC(=O)Nc3ccc(Br)cc3Cl)CC2=O)c1. The average Bonchev–Trinajstić information content (AvgIpc) is 3.05. The average molecular weight is 480 g/mol. The minimum absolute atomic E-state index is 0.0619. The molecule has 2 aromatic rings. The fourth-order valence-corrected chi connectivity index (χ4v) is 3.86. The van der Waals surface area contributed by atoms with Crippen molar-refractivity contribution >= 4 is 56.7 Å². The number of amides is 2. The second kappa shape index (κ2) is 8.97. The van der Waals surface area contributed by atoms with Crippen LogP contribution in [-0.2, 0) is 19.1 Å². The van der Waals surface area contributed by atoms with Gasteiger partial charge < -0.3 is 15.0 Å². The third kappa shape index (κ3) is 5.16. The topological polar surface area (TPSA) is 75.7 Å². The van der Waals surface area contributed by atoms with E-state index in [4.69, 9.17) is 16.3 Å². The Bertz CT molecular complexity index is 979. The molecule has 0 aromatic heterocycles. The highest BCUT2D eigenvalue weighted by molar-refractivity contribution is 9.10. The predicted molar refractivity (Wildman–Crippen MR) is 115 cm³/mol. The van der Waals surface area contributed by atoms with Gasteiger partial charge in [0, 0.05) is 23.1 Å². The third-order valence-corrected chi connectivity index (χ3v) is 5.47. The van der Waals surface area contributed by atoms with Crippen LogP contribution >= 0.6 is 27.5 Å². The summed E-state index contributed by atoms with van der Waals surface area (Å²) < 4.78 is 5.91. The van der Waals surface area contributed by atoms with Crippen LogP contribution in [-0.4, -0.2) is 30.9 Å². The second-order valence-electron chi connectivity index (χ2n) is 6.98. The van der Waals surface area contributed by atoms with E-state index in [0.29, 0.717) is 10.7 Å². The summed E-state index contributed by atoms with van der Waals surface area (Å²) in [7, 11) is 0. The molecule has 2 amide bonds. The molecule has 0 unspecified atom stereocenters. The van der Waals surface area contributed by atoms with Crippen LogP contribution in [0.1, 0.15) is 17.5 Å². The minimum atomic E-state index is -0.605. The molecule has 1 aliphatic rings. The quantitative estimate of drug-likeness (QED) is 0.651. The van der Waals surface area contributed by atoms with Crippen molar-refractivity contribution in [1.29, 1.82) is 0 Å². The summed E-state index contributed by atoms with van der Waals surface area (Å²) in [6.45, 7) is 3.67. The number of carbonyl (C=O) groups excluding carboxylic acids is 3. The first-order valence-electron chi connectivity index (χ1n) is 9.03. The van der Waals surface area contributed by atoms with Crippen LogP contribution in [0.4, 0.5) is 11.4 Å². The molecule has 1 heterocycles. The molecule has 8 heteroatoms. The lowest BCUT2D eigenvalue weighted by Gasteiger charge is -2.19. The molecular formula is C21H20BrClN2O4. The summed E-state index contributed by atoms with van der Waals surface area (Å²) in [6, 6.07) is 10.9. The minimum Gasteiger partial charge on any atom is -0.455 e. The fourth-order valence-electron chi connectivity index (χ4n) is 3.14. The molecule has 0 radical (unpaired) electrons. The molecule has 152 valence electrons. The third-order valence-electron chi connectivity index (χ3n) is 4.66. The van der Waals surface area contributed by atoms with Gasteiger partial charge in [0.1, 0.15) is 0 Å². The number of hydrogen-bond donors (Lipinski definition) is 1. The van der Waals surface area contributed by atoms with E-state index in [2.05, 4.69) is 21.2 Å². The van der Waals surface area contributed by atoms with Crippen LogP contribution in [0.2, 0.25) is 5.02 Å². The van der Waals surface area contributed by atoms with Gasteiger partial charge in [-0.15, -0.1) is 0 Å². The largest absolute Gasteiger partial charge is 0.455 e. The molecular weight excluding hydrogens is 460 g/mol. The van der Waals surface area contributed by atoms with Crippen molar-refractivity contribution in [3.8, 4) is 0 Å². The van der Waals surface area contributed by atoms with Crippen LogP contribution in [0.3, 0.4) is 0 Å². The van der Waals surface area contributed by atoms with Crippen molar-refractivity contribution < 1.29 is 19.1 Å². The Hall–Kier alpha value is -2.38. The smallest absolute Gasteiger partial charge is 0.311 e. The molecule has 3 rings (SSSR count). The highest BCUT2D eigenvalue weighted by Gasteiger charge is 2.36. The monoisotopic (exact) mass is 478 g/mol. The molecule has 29 heavy (non-hydrogen) atoms. The Labute approximate surface area is 182 Å². The van der Waals surface area contributed by atoms with Gasteiger partial charge in [0.15, 0.2) is 6.61 Å². The predicted octanol–water partition coefficient (Wildman–Crippen LogP) is 4.25. The van der Waals surface area contributed by atoms with E-state index in [-0.39, 0.29) is 18.9 Å². The number of carbonyl (C=O) groups is 3. The highest BCUT2D eigenvalue weighted by Crippen LogP contribution is 2.29. The molecule has 2 aromatic carbocycles. The van der Waals surface area contributed by atoms with Crippen molar-refractivity contribution in [3.05, 3.63) is 57.0 Å². The van der Waals surface area contributed by atoms with Gasteiger partial charge in [0.05, 0.1) is 16.6 Å². The van der Waals surface area contributed by atoms with Crippen molar-refractivity contribution in [2.45, 2.75) is 20.3 Å². The maximum atomic E-state index is 12.4. The molecule has 0 bridgehead atoms. The fraction of sp³-hybridized carbons (Fsp3) is 0.286. The molecule has 1 atom stereocenters. The van der Waals surface area contributed by atoms with E-state index >= 15 is 0 Å². The number of benzene rings is 2. The van der Waals surface area contributed by atoms with Crippen LogP contribution < -0.4 is 10.2 Å². The molecule has 1 fully saturated rings. The first-order valence-corrected chi connectivity index (χ1v) is 10.2. The zero-order valence-electron chi connectivity index (χ0n) is 16.0. The number of rotatable bonds is 5. The number of aryl methyl sites for hydroxylation is 2. The Kier molecular flexibility index (Phi) is 6.59. The number of ether oxygens (including phenoxy) is 1. The van der Waals surface area contributed by atoms with Crippen molar-refractivity contribution in [3.63, 3.8) is 0 Å². The van der Waals surface area contributed by atoms with Crippen molar-refractivity contribution in [2.75, 3.05) is 23.4 Å². The van der Waals surface area contributed by atoms with Gasteiger partial charge in [-0.05, 0) is 49.2 Å². The van der Waals surface area contributed by atoms with Gasteiger partial charge in [0.2, 0.25) is 5.91 Å². The summed E-state index contributed by atoms with van der Waals surface area (Å²) in [4.78, 5) is 38.5. The summed E-state index contributed by atoms with van der Waals surface area (Å²) >= 11 is 9.35. The van der Waals surface area contributed by atoms with Crippen LogP contribution in [0, 0.1) is 19.8 Å². The zero-order chi connectivity index (χ0) is 21.1. The Morgan fingerprint density at radius 1 is 1.24 bits per heavy atom. The van der Waals surface area contributed by atoms with E-state index in [1.807, 2.05) is 32.0 Å². The Morgan fingerprint density at radius 2 is 2.00 bits per heavy atom. The van der Waals surface area contributed by atoms with Gasteiger partial charge in [-0.25, -0.2) is 0 Å². The standard InChI is InChI=1S/C21H20BrClN2O4/c1-12-3-4-13(2)18(7-12)25-10-14(8-20(25)27)21(28)29-11-19(26)24-17-6-5-15(22)9-16(17)23/h3-7,9,14H,8,10-11H2,1-2H3,(H,24,26)/t14-/m1/s1. The van der Waals surface area contributed by atoms with Crippen LogP contribution in [0.25, 0.3) is 0 Å². The van der Waals surface area contributed by atoms with E-state index < -0.39 is 24.4 Å². The molecule has 0 saturated carbocycles. The van der Waals surface area contributed by atoms with Crippen LogP contribution in [0.15, 0.2) is 40.9 Å². The lowest BCUT2D eigenvalue weighted by Crippen LogP contribution is -2.28. The van der Waals surface area contributed by atoms with E-state index in [0.717, 1.165) is 21.3 Å². The first kappa shape index (κ1) is 21.3. The van der Waals surface area contributed by atoms with E-state index in [1.165, 1.54) is 0 Å². The number of halogens is 2.